The van der Waals surface area contributed by atoms with Crippen LogP contribution in [0, 0.1) is 29.5 Å². The summed E-state index contributed by atoms with van der Waals surface area (Å²) >= 11 is 0. The topological polar surface area (TPSA) is 105 Å². The SMILES string of the molecule is C[C@H](NC(=O)CN1C(=O)[C@H]2[C@H](C1=O)[C@H]1C=C[C@H]2C1)c1nc(-c2ccc(F)cc2)no1. The number of carbonyl (C=O) groups is 3. The van der Waals surface area contributed by atoms with Gasteiger partial charge in [0.15, 0.2) is 0 Å². The Hall–Kier alpha value is -3.36. The summed E-state index contributed by atoms with van der Waals surface area (Å²) in [4.78, 5) is 43.2. The number of amides is 3. The molecule has 0 spiro atoms. The van der Waals surface area contributed by atoms with E-state index in [0.717, 1.165) is 11.3 Å². The molecule has 1 aliphatic heterocycles. The van der Waals surface area contributed by atoms with Crippen molar-refractivity contribution in [3.05, 3.63) is 48.1 Å². The van der Waals surface area contributed by atoms with Crippen molar-refractivity contribution in [1.29, 1.82) is 0 Å². The molecule has 2 heterocycles. The average Bonchev–Trinajstić information content (AvgIpc) is 3.49. The fourth-order valence-electron chi connectivity index (χ4n) is 4.74. The van der Waals surface area contributed by atoms with Crippen molar-refractivity contribution in [2.45, 2.75) is 19.4 Å². The quantitative estimate of drug-likeness (QED) is 0.596. The summed E-state index contributed by atoms with van der Waals surface area (Å²) in [5, 5.41) is 6.53. The van der Waals surface area contributed by atoms with E-state index in [9.17, 15) is 18.8 Å². The second-order valence-electron chi connectivity index (χ2n) is 8.01. The van der Waals surface area contributed by atoms with E-state index in [1.54, 1.807) is 6.92 Å². The van der Waals surface area contributed by atoms with Gasteiger partial charge in [-0.05, 0) is 49.4 Å². The molecule has 1 aromatic heterocycles. The van der Waals surface area contributed by atoms with Crippen molar-refractivity contribution in [3.8, 4) is 11.4 Å². The largest absolute Gasteiger partial charge is 0.343 e. The molecule has 0 unspecified atom stereocenters. The Bertz CT molecular complexity index is 1030. The van der Waals surface area contributed by atoms with Crippen molar-refractivity contribution >= 4 is 17.7 Å². The van der Waals surface area contributed by atoms with E-state index >= 15 is 0 Å². The van der Waals surface area contributed by atoms with Crippen molar-refractivity contribution < 1.29 is 23.3 Å². The van der Waals surface area contributed by atoms with Crippen LogP contribution < -0.4 is 5.32 Å². The summed E-state index contributed by atoms with van der Waals surface area (Å²) in [6.45, 7) is 1.33. The van der Waals surface area contributed by atoms with E-state index < -0.39 is 11.9 Å². The number of likely N-dealkylation sites (tertiary alicyclic amines) is 1. The van der Waals surface area contributed by atoms with Gasteiger partial charge in [0.2, 0.25) is 29.4 Å². The molecule has 3 aliphatic rings. The molecule has 2 bridgehead atoms. The Kier molecular flexibility index (Phi) is 4.27. The smallest absolute Gasteiger partial charge is 0.249 e. The number of aromatic nitrogens is 2. The van der Waals surface area contributed by atoms with Gasteiger partial charge in [0.05, 0.1) is 11.8 Å². The minimum atomic E-state index is -0.621. The third kappa shape index (κ3) is 2.92. The molecular weight excluding hydrogens is 391 g/mol. The summed E-state index contributed by atoms with van der Waals surface area (Å²) in [6, 6.07) is 5.01. The normalized spacial score (nSPS) is 27.6. The Morgan fingerprint density at radius 1 is 1.20 bits per heavy atom. The Morgan fingerprint density at radius 3 is 2.47 bits per heavy atom. The van der Waals surface area contributed by atoms with E-state index in [1.165, 1.54) is 24.3 Å². The average molecular weight is 410 g/mol. The molecule has 1 saturated carbocycles. The zero-order valence-electron chi connectivity index (χ0n) is 16.1. The third-order valence-electron chi connectivity index (χ3n) is 6.16. The van der Waals surface area contributed by atoms with Crippen LogP contribution in [0.15, 0.2) is 40.9 Å². The molecule has 3 amide bonds. The molecular formula is C21H19FN4O4. The Morgan fingerprint density at radius 2 is 1.83 bits per heavy atom. The van der Waals surface area contributed by atoms with Crippen molar-refractivity contribution in [2.24, 2.45) is 23.7 Å². The number of allylic oxidation sites excluding steroid dienone is 2. The molecule has 0 radical (unpaired) electrons. The number of hydrogen-bond donors (Lipinski definition) is 1. The fourth-order valence-corrected chi connectivity index (χ4v) is 4.74. The number of carbonyl (C=O) groups excluding carboxylic acids is 3. The summed E-state index contributed by atoms with van der Waals surface area (Å²) in [6.07, 6.45) is 4.87. The van der Waals surface area contributed by atoms with Crippen LogP contribution in [-0.4, -0.2) is 39.3 Å². The van der Waals surface area contributed by atoms with Gasteiger partial charge >= 0.3 is 0 Å². The predicted molar refractivity (Wildman–Crippen MR) is 101 cm³/mol. The van der Waals surface area contributed by atoms with Crippen LogP contribution in [0.4, 0.5) is 4.39 Å². The van der Waals surface area contributed by atoms with Crippen molar-refractivity contribution in [3.63, 3.8) is 0 Å². The highest BCUT2D eigenvalue weighted by Gasteiger charge is 2.59. The number of nitrogens with one attached hydrogen (secondary N) is 1. The highest BCUT2D eigenvalue weighted by Crippen LogP contribution is 2.52. The highest BCUT2D eigenvalue weighted by atomic mass is 19.1. The first kappa shape index (κ1) is 18.7. The van der Waals surface area contributed by atoms with Crippen LogP contribution in [0.25, 0.3) is 11.4 Å². The highest BCUT2D eigenvalue weighted by molar-refractivity contribution is 6.08. The number of fused-ring (bicyclic) bond motifs is 5. The first-order chi connectivity index (χ1) is 14.4. The van der Waals surface area contributed by atoms with Crippen LogP contribution in [0.3, 0.4) is 0 Å². The van der Waals surface area contributed by atoms with Gasteiger partial charge in [-0.2, -0.15) is 4.98 Å². The van der Waals surface area contributed by atoms with Gasteiger partial charge in [0, 0.05) is 5.56 Å². The minimum absolute atomic E-state index is 0.103. The summed E-state index contributed by atoms with van der Waals surface area (Å²) in [5.74, 6) is -1.39. The lowest BCUT2D eigenvalue weighted by molar-refractivity contribution is -0.144. The number of rotatable bonds is 5. The van der Waals surface area contributed by atoms with Crippen LogP contribution in [0.2, 0.25) is 0 Å². The van der Waals surface area contributed by atoms with Crippen LogP contribution in [0.1, 0.15) is 25.3 Å². The van der Waals surface area contributed by atoms with Crippen molar-refractivity contribution in [2.75, 3.05) is 6.54 Å². The lowest BCUT2D eigenvalue weighted by atomic mass is 9.85. The maximum absolute atomic E-state index is 13.1. The zero-order chi connectivity index (χ0) is 21.0. The molecule has 8 nitrogen and oxygen atoms in total. The number of halogens is 1. The lowest BCUT2D eigenvalue weighted by Crippen LogP contribution is -2.42. The molecule has 5 atom stereocenters. The van der Waals surface area contributed by atoms with Crippen LogP contribution in [0.5, 0.6) is 0 Å². The van der Waals surface area contributed by atoms with Gasteiger partial charge in [-0.1, -0.05) is 17.3 Å². The first-order valence-electron chi connectivity index (χ1n) is 9.85. The van der Waals surface area contributed by atoms with Gasteiger partial charge in [0.1, 0.15) is 18.4 Å². The molecule has 2 aliphatic carbocycles. The molecule has 1 saturated heterocycles. The predicted octanol–water partition coefficient (Wildman–Crippen LogP) is 1.86. The van der Waals surface area contributed by atoms with E-state index in [4.69, 9.17) is 4.52 Å². The van der Waals surface area contributed by atoms with Crippen LogP contribution in [-0.2, 0) is 14.4 Å². The lowest BCUT2D eigenvalue weighted by Gasteiger charge is -2.18. The van der Waals surface area contributed by atoms with Gasteiger partial charge < -0.3 is 9.84 Å². The maximum Gasteiger partial charge on any atom is 0.249 e. The van der Waals surface area contributed by atoms with Crippen molar-refractivity contribution in [1.82, 2.24) is 20.4 Å². The molecule has 9 heteroatoms. The second kappa shape index (κ2) is 6.86. The standard InChI is InChI=1S/C21H19FN4O4/c1-10(19-24-18(25-30-19)11-4-6-14(22)7-5-11)23-15(27)9-26-20(28)16-12-2-3-13(8-12)17(16)21(26)29/h2-7,10,12-13,16-17H,8-9H2,1H3,(H,23,27)/t10-,12-,13-,16+,17+/m0/s1. The maximum atomic E-state index is 13.1. The van der Waals surface area contributed by atoms with E-state index in [0.29, 0.717) is 5.56 Å². The van der Waals surface area contributed by atoms with Gasteiger partial charge in [0.25, 0.3) is 0 Å². The minimum Gasteiger partial charge on any atom is -0.343 e. The molecule has 5 rings (SSSR count). The molecule has 30 heavy (non-hydrogen) atoms. The fraction of sp³-hybridized carbons (Fsp3) is 0.381. The van der Waals surface area contributed by atoms with Gasteiger partial charge in [-0.15, -0.1) is 0 Å². The number of benzene rings is 1. The monoisotopic (exact) mass is 410 g/mol. The molecule has 2 fully saturated rings. The first-order valence-corrected chi connectivity index (χ1v) is 9.85. The molecule has 2 aromatic rings. The Labute approximate surface area is 171 Å². The van der Waals surface area contributed by atoms with E-state index in [-0.39, 0.29) is 59.6 Å². The Balaban J connectivity index is 1.23. The van der Waals surface area contributed by atoms with E-state index in [2.05, 4.69) is 15.5 Å². The molecule has 1 N–H and O–H groups in total. The summed E-state index contributed by atoms with van der Waals surface area (Å²) < 4.78 is 18.3. The van der Waals surface area contributed by atoms with Gasteiger partial charge in [-0.3, -0.25) is 19.3 Å². The molecule has 154 valence electrons. The third-order valence-corrected chi connectivity index (χ3v) is 6.16. The summed E-state index contributed by atoms with van der Waals surface area (Å²) in [5.41, 5.74) is 0.577. The van der Waals surface area contributed by atoms with Gasteiger partial charge in [-0.25, -0.2) is 4.39 Å². The number of hydrogen-bond acceptors (Lipinski definition) is 6. The number of imide groups is 1. The second-order valence-corrected chi connectivity index (χ2v) is 8.01. The summed E-state index contributed by atoms with van der Waals surface area (Å²) in [7, 11) is 0. The number of nitrogens with zero attached hydrogens (tertiary/aromatic N) is 3. The molecule has 1 aromatic carbocycles. The zero-order valence-corrected chi connectivity index (χ0v) is 16.1. The van der Waals surface area contributed by atoms with E-state index in [1.807, 2.05) is 12.2 Å². The van der Waals surface area contributed by atoms with Crippen LogP contribution >= 0.6 is 0 Å².